The van der Waals surface area contributed by atoms with Gasteiger partial charge in [0.15, 0.2) is 0 Å². The number of allylic oxidation sites excluding steroid dienone is 4. The minimum Gasteiger partial charge on any atom is -0.218 e. The van der Waals surface area contributed by atoms with Crippen LogP contribution in [-0.4, -0.2) is 18.0 Å². The molecule has 138 valence electrons. The van der Waals surface area contributed by atoms with Gasteiger partial charge in [0.25, 0.3) is 0 Å². The Hall–Kier alpha value is -1.86. The summed E-state index contributed by atoms with van der Waals surface area (Å²) < 4.78 is 106. The maximum Gasteiger partial charge on any atom is 0.435 e. The largest absolute Gasteiger partial charge is 0.435 e. The van der Waals surface area contributed by atoms with E-state index in [1.165, 1.54) is 32.0 Å². The molecule has 1 aromatic carbocycles. The summed E-state index contributed by atoms with van der Waals surface area (Å²) in [5.41, 5.74) is -8.69. The maximum absolute atomic E-state index is 14.4. The Balaban J connectivity index is 2.71. The smallest absolute Gasteiger partial charge is 0.218 e. The third kappa shape index (κ3) is 3.18. The lowest BCUT2D eigenvalue weighted by Gasteiger charge is -2.37. The molecule has 0 saturated carbocycles. The molecule has 0 nitrogen and oxygen atoms in total. The Kier molecular flexibility index (Phi) is 4.55. The first-order valence-corrected chi connectivity index (χ1v) is 7.20. The van der Waals surface area contributed by atoms with Crippen LogP contribution in [0.3, 0.4) is 0 Å². The van der Waals surface area contributed by atoms with Crippen LogP contribution >= 0.6 is 0 Å². The van der Waals surface area contributed by atoms with Crippen LogP contribution in [-0.2, 0) is 5.41 Å². The summed E-state index contributed by atoms with van der Waals surface area (Å²) in [6.45, 7) is 2.55. The van der Waals surface area contributed by atoms with E-state index in [1.807, 2.05) is 0 Å². The number of benzene rings is 1. The topological polar surface area (TPSA) is 0 Å². The van der Waals surface area contributed by atoms with Crippen LogP contribution in [0.15, 0.2) is 47.6 Å². The highest BCUT2D eigenvalue weighted by atomic mass is 19.4. The predicted octanol–water partition coefficient (Wildman–Crippen LogP) is 6.19. The number of halogens is 8. The lowest BCUT2D eigenvalue weighted by Crippen LogP contribution is -2.55. The van der Waals surface area contributed by atoms with Crippen LogP contribution in [0.2, 0.25) is 0 Å². The normalized spacial score (nSPS) is 22.5. The van der Waals surface area contributed by atoms with Gasteiger partial charge in [0.1, 0.15) is 5.82 Å². The van der Waals surface area contributed by atoms with Gasteiger partial charge in [-0.05, 0) is 25.0 Å². The molecule has 2 rings (SSSR count). The van der Waals surface area contributed by atoms with E-state index in [0.29, 0.717) is 12.2 Å². The second kappa shape index (κ2) is 5.85. The van der Waals surface area contributed by atoms with Crippen LogP contribution in [0.25, 0.3) is 0 Å². The van der Waals surface area contributed by atoms with Crippen molar-refractivity contribution in [1.29, 1.82) is 0 Å². The molecule has 1 aliphatic rings. The van der Waals surface area contributed by atoms with Crippen LogP contribution in [0.1, 0.15) is 25.8 Å². The molecule has 0 aliphatic heterocycles. The van der Waals surface area contributed by atoms with E-state index in [1.54, 1.807) is 0 Å². The average molecular weight is 370 g/mol. The molecule has 1 aromatic rings. The first kappa shape index (κ1) is 19.5. The summed E-state index contributed by atoms with van der Waals surface area (Å²) in [6, 6.07) is 5.03. The summed E-state index contributed by atoms with van der Waals surface area (Å²) in [6.07, 6.45) is -11.4. The Morgan fingerprint density at radius 3 is 1.92 bits per heavy atom. The molecular formula is C17H14F8. The van der Waals surface area contributed by atoms with Gasteiger partial charge in [0, 0.05) is 11.0 Å². The van der Waals surface area contributed by atoms with Crippen molar-refractivity contribution < 1.29 is 35.1 Å². The molecule has 25 heavy (non-hydrogen) atoms. The number of rotatable bonds is 2. The first-order valence-electron chi connectivity index (χ1n) is 7.20. The molecule has 1 unspecified atom stereocenters. The molecule has 0 bridgehead atoms. The van der Waals surface area contributed by atoms with E-state index in [-0.39, 0.29) is 17.6 Å². The summed E-state index contributed by atoms with van der Waals surface area (Å²) in [7, 11) is 0. The van der Waals surface area contributed by atoms with Crippen LogP contribution in [0.5, 0.6) is 0 Å². The minimum atomic E-state index is -6.21. The van der Waals surface area contributed by atoms with Crippen molar-refractivity contribution in [2.45, 2.75) is 43.7 Å². The second-order valence-corrected chi connectivity index (χ2v) is 6.32. The van der Waals surface area contributed by atoms with Crippen molar-refractivity contribution in [3.05, 3.63) is 58.9 Å². The molecule has 1 aliphatic carbocycles. The lowest BCUT2D eigenvalue weighted by molar-refractivity contribution is -0.325. The fourth-order valence-electron chi connectivity index (χ4n) is 3.12. The number of alkyl halides is 7. The van der Waals surface area contributed by atoms with E-state index in [0.717, 1.165) is 6.07 Å². The van der Waals surface area contributed by atoms with Crippen LogP contribution in [0, 0.1) is 5.82 Å². The van der Waals surface area contributed by atoms with Gasteiger partial charge in [-0.3, -0.25) is 0 Å². The van der Waals surface area contributed by atoms with Gasteiger partial charge >= 0.3 is 18.0 Å². The molecule has 8 heteroatoms. The fraction of sp³-hybridized carbons (Fsp3) is 0.412. The molecule has 0 heterocycles. The van der Waals surface area contributed by atoms with Gasteiger partial charge in [0.2, 0.25) is 0 Å². The van der Waals surface area contributed by atoms with Crippen molar-refractivity contribution >= 4 is 0 Å². The molecule has 0 aromatic heterocycles. The van der Waals surface area contributed by atoms with E-state index in [4.69, 9.17) is 0 Å². The number of hydrogen-bond acceptors (Lipinski definition) is 0. The zero-order valence-corrected chi connectivity index (χ0v) is 13.2. The highest BCUT2D eigenvalue weighted by Crippen LogP contribution is 2.53. The van der Waals surface area contributed by atoms with Gasteiger partial charge in [-0.2, -0.15) is 26.3 Å². The summed E-state index contributed by atoms with van der Waals surface area (Å²) in [4.78, 5) is 0. The van der Waals surface area contributed by atoms with Crippen LogP contribution in [0.4, 0.5) is 35.1 Å². The second-order valence-electron chi connectivity index (χ2n) is 6.32. The Morgan fingerprint density at radius 2 is 1.44 bits per heavy atom. The van der Waals surface area contributed by atoms with E-state index >= 15 is 0 Å². The molecule has 0 saturated heterocycles. The van der Waals surface area contributed by atoms with Crippen molar-refractivity contribution in [1.82, 2.24) is 0 Å². The van der Waals surface area contributed by atoms with Crippen LogP contribution < -0.4 is 0 Å². The average Bonchev–Trinajstić information content (AvgIpc) is 2.43. The summed E-state index contributed by atoms with van der Waals surface area (Å²) in [5.74, 6) is -0.793. The van der Waals surface area contributed by atoms with Gasteiger partial charge in [-0.1, -0.05) is 42.8 Å². The molecule has 0 spiro atoms. The quantitative estimate of drug-likeness (QED) is 0.545. The monoisotopic (exact) mass is 370 g/mol. The SMILES string of the molecule is CC1=CC(C(F)(C(F)(F)F)C(F)(F)F)=CC(C)(c2ccccc2F)C1. The van der Waals surface area contributed by atoms with E-state index < -0.39 is 34.8 Å². The van der Waals surface area contributed by atoms with Gasteiger partial charge < -0.3 is 0 Å². The molecule has 1 atom stereocenters. The maximum atomic E-state index is 14.4. The third-order valence-electron chi connectivity index (χ3n) is 4.19. The molecule has 0 fully saturated rings. The van der Waals surface area contributed by atoms with Gasteiger partial charge in [0.05, 0.1) is 0 Å². The predicted molar refractivity (Wildman–Crippen MR) is 76.2 cm³/mol. The zero-order valence-electron chi connectivity index (χ0n) is 13.2. The molecular weight excluding hydrogens is 356 g/mol. The van der Waals surface area contributed by atoms with Crippen molar-refractivity contribution in [2.24, 2.45) is 0 Å². The summed E-state index contributed by atoms with van der Waals surface area (Å²) in [5, 5.41) is 0. The molecule has 0 N–H and O–H groups in total. The fourth-order valence-corrected chi connectivity index (χ4v) is 3.12. The molecule has 0 radical (unpaired) electrons. The Morgan fingerprint density at radius 1 is 0.920 bits per heavy atom. The van der Waals surface area contributed by atoms with E-state index in [2.05, 4.69) is 0 Å². The first-order chi connectivity index (χ1) is 11.2. The summed E-state index contributed by atoms with van der Waals surface area (Å²) >= 11 is 0. The highest BCUT2D eigenvalue weighted by molar-refractivity contribution is 5.46. The minimum absolute atomic E-state index is 0.0385. The van der Waals surface area contributed by atoms with Crippen molar-refractivity contribution in [2.75, 3.05) is 0 Å². The van der Waals surface area contributed by atoms with Gasteiger partial charge in [-0.25, -0.2) is 8.78 Å². The lowest BCUT2D eigenvalue weighted by atomic mass is 9.70. The van der Waals surface area contributed by atoms with Crippen molar-refractivity contribution in [3.8, 4) is 0 Å². The molecule has 0 amide bonds. The van der Waals surface area contributed by atoms with E-state index in [9.17, 15) is 35.1 Å². The Labute approximate surface area is 138 Å². The number of hydrogen-bond donors (Lipinski definition) is 0. The highest BCUT2D eigenvalue weighted by Gasteiger charge is 2.74. The zero-order chi connectivity index (χ0) is 19.3. The van der Waals surface area contributed by atoms with Crippen molar-refractivity contribution in [3.63, 3.8) is 0 Å². The van der Waals surface area contributed by atoms with Gasteiger partial charge in [-0.15, -0.1) is 0 Å². The third-order valence-corrected chi connectivity index (χ3v) is 4.19. The Bertz CT molecular complexity index is 709. The standard InChI is InChI=1S/C17H14F8/c1-10-7-11(15(19,16(20,21)22)17(23,24)25)9-14(2,8-10)12-5-3-4-6-13(12)18/h3-7,9H,8H2,1-2H3.